The summed E-state index contributed by atoms with van der Waals surface area (Å²) in [5.41, 5.74) is -0.0859. The zero-order chi connectivity index (χ0) is 14.5. The Balaban J connectivity index is 2.02. The number of hydrogen-bond donors (Lipinski definition) is 1. The van der Waals surface area contributed by atoms with E-state index < -0.39 is 9.85 Å². The second kappa shape index (κ2) is 6.40. The Bertz CT molecular complexity index is 514. The van der Waals surface area contributed by atoms with E-state index in [1.54, 1.807) is 0 Å². The summed E-state index contributed by atoms with van der Waals surface area (Å²) in [6, 6.07) is 3.68. The van der Waals surface area contributed by atoms with E-state index in [9.17, 15) is 20.2 Å². The molecular formula is C12H15N3O5. The number of nitrogens with zero attached hydrogens (tertiary/aromatic N) is 2. The van der Waals surface area contributed by atoms with Crippen molar-refractivity contribution in [3.8, 4) is 0 Å². The summed E-state index contributed by atoms with van der Waals surface area (Å²) >= 11 is 0. The molecule has 0 spiro atoms. The zero-order valence-electron chi connectivity index (χ0n) is 10.8. The number of rotatable bonds is 6. The normalized spacial score (nSPS) is 18.1. The maximum atomic E-state index is 10.9. The molecule has 8 heteroatoms. The molecule has 0 radical (unpaired) electrons. The molecule has 0 saturated carbocycles. The predicted octanol–water partition coefficient (Wildman–Crippen LogP) is 1.77. The molecule has 0 aromatic heterocycles. The Morgan fingerprint density at radius 1 is 1.30 bits per heavy atom. The van der Waals surface area contributed by atoms with Crippen LogP contribution in [0.15, 0.2) is 18.2 Å². The van der Waals surface area contributed by atoms with Crippen molar-refractivity contribution in [2.75, 3.05) is 13.2 Å². The van der Waals surface area contributed by atoms with E-state index in [1.165, 1.54) is 12.1 Å². The first-order chi connectivity index (χ1) is 9.58. The van der Waals surface area contributed by atoms with Gasteiger partial charge in [0.2, 0.25) is 0 Å². The second-order valence-corrected chi connectivity index (χ2v) is 4.59. The molecule has 1 aliphatic rings. The molecule has 1 aromatic rings. The van der Waals surface area contributed by atoms with Crippen LogP contribution in [0.5, 0.6) is 0 Å². The number of nitro benzene ring substituents is 2. The van der Waals surface area contributed by atoms with Gasteiger partial charge < -0.3 is 10.1 Å². The highest BCUT2D eigenvalue weighted by Gasteiger charge is 2.20. The van der Waals surface area contributed by atoms with Gasteiger partial charge in [0.25, 0.3) is 11.4 Å². The minimum atomic E-state index is -0.642. The maximum Gasteiger partial charge on any atom is 0.280 e. The fourth-order valence-electron chi connectivity index (χ4n) is 2.16. The Hall–Kier alpha value is -2.06. The lowest BCUT2D eigenvalue weighted by Crippen LogP contribution is -2.26. The van der Waals surface area contributed by atoms with E-state index >= 15 is 0 Å². The molecule has 2 rings (SSSR count). The summed E-state index contributed by atoms with van der Waals surface area (Å²) in [5, 5.41) is 24.7. The monoisotopic (exact) mass is 281 g/mol. The van der Waals surface area contributed by atoms with Crippen molar-refractivity contribution >= 4 is 11.4 Å². The average molecular weight is 281 g/mol. The van der Waals surface area contributed by atoms with E-state index in [0.717, 1.165) is 25.5 Å². The molecule has 1 unspecified atom stereocenters. The maximum absolute atomic E-state index is 10.9. The first-order valence-corrected chi connectivity index (χ1v) is 6.32. The fourth-order valence-corrected chi connectivity index (χ4v) is 2.16. The summed E-state index contributed by atoms with van der Waals surface area (Å²) in [5.74, 6) is 0. The van der Waals surface area contributed by atoms with Crippen molar-refractivity contribution in [1.82, 2.24) is 5.32 Å². The van der Waals surface area contributed by atoms with Crippen LogP contribution < -0.4 is 5.32 Å². The fraction of sp³-hybridized carbons (Fsp3) is 0.500. The molecule has 8 nitrogen and oxygen atoms in total. The number of nitro groups is 2. The summed E-state index contributed by atoms with van der Waals surface area (Å²) in [4.78, 5) is 20.3. The topological polar surface area (TPSA) is 108 Å². The summed E-state index contributed by atoms with van der Waals surface area (Å²) in [7, 11) is 0. The smallest absolute Gasteiger partial charge is 0.280 e. The molecule has 20 heavy (non-hydrogen) atoms. The largest absolute Gasteiger partial charge is 0.377 e. The van der Waals surface area contributed by atoms with Crippen LogP contribution in [-0.4, -0.2) is 29.1 Å². The van der Waals surface area contributed by atoms with Crippen molar-refractivity contribution in [2.45, 2.75) is 25.5 Å². The van der Waals surface area contributed by atoms with E-state index in [0.29, 0.717) is 12.1 Å². The molecule has 0 amide bonds. The lowest BCUT2D eigenvalue weighted by atomic mass is 10.1. The van der Waals surface area contributed by atoms with Gasteiger partial charge >= 0.3 is 0 Å². The van der Waals surface area contributed by atoms with Crippen molar-refractivity contribution in [1.29, 1.82) is 0 Å². The molecule has 1 heterocycles. The Labute approximate surface area is 115 Å². The summed E-state index contributed by atoms with van der Waals surface area (Å²) in [6.45, 7) is 1.66. The number of ether oxygens (including phenoxy) is 1. The van der Waals surface area contributed by atoms with Crippen LogP contribution in [0.4, 0.5) is 11.4 Å². The van der Waals surface area contributed by atoms with Crippen LogP contribution >= 0.6 is 0 Å². The summed E-state index contributed by atoms with van der Waals surface area (Å²) in [6.07, 6.45) is 2.16. The molecule has 1 atom stereocenters. The summed E-state index contributed by atoms with van der Waals surface area (Å²) < 4.78 is 5.43. The lowest BCUT2D eigenvalue weighted by Gasteiger charge is -2.10. The standard InChI is InChI=1S/C12H15N3O5/c16-14(17)10-4-3-9(12(6-10)15(18)19)7-13-8-11-2-1-5-20-11/h3-4,6,11,13H,1-2,5,7-8H2. The van der Waals surface area contributed by atoms with Gasteiger partial charge in [0.1, 0.15) is 0 Å². The molecule has 108 valence electrons. The first-order valence-electron chi connectivity index (χ1n) is 6.32. The second-order valence-electron chi connectivity index (χ2n) is 4.59. The number of non-ortho nitro benzene ring substituents is 1. The third-order valence-corrected chi connectivity index (χ3v) is 3.19. The number of nitrogens with one attached hydrogen (secondary N) is 1. The van der Waals surface area contributed by atoms with Gasteiger partial charge in [-0.15, -0.1) is 0 Å². The van der Waals surface area contributed by atoms with Crippen LogP contribution in [0.25, 0.3) is 0 Å². The van der Waals surface area contributed by atoms with Crippen LogP contribution in [-0.2, 0) is 11.3 Å². The van der Waals surface area contributed by atoms with Crippen LogP contribution in [0.3, 0.4) is 0 Å². The van der Waals surface area contributed by atoms with Crippen molar-refractivity contribution in [3.05, 3.63) is 44.0 Å². The highest BCUT2D eigenvalue weighted by Crippen LogP contribution is 2.24. The van der Waals surface area contributed by atoms with Crippen molar-refractivity contribution in [2.24, 2.45) is 0 Å². The van der Waals surface area contributed by atoms with Gasteiger partial charge in [0, 0.05) is 31.3 Å². The van der Waals surface area contributed by atoms with Crippen LogP contribution in [0.1, 0.15) is 18.4 Å². The van der Waals surface area contributed by atoms with E-state index in [1.807, 2.05) is 0 Å². The highest BCUT2D eigenvalue weighted by atomic mass is 16.6. The van der Waals surface area contributed by atoms with Crippen molar-refractivity contribution < 1.29 is 14.6 Å². The van der Waals surface area contributed by atoms with E-state index in [-0.39, 0.29) is 24.0 Å². The SMILES string of the molecule is O=[N+]([O-])c1ccc(CNCC2CCCO2)c([N+](=O)[O-])c1. The van der Waals surface area contributed by atoms with Crippen LogP contribution in [0.2, 0.25) is 0 Å². The minimum Gasteiger partial charge on any atom is -0.377 e. The third-order valence-electron chi connectivity index (χ3n) is 3.19. The molecule has 1 aromatic carbocycles. The van der Waals surface area contributed by atoms with Gasteiger partial charge in [0.05, 0.1) is 22.0 Å². The first kappa shape index (κ1) is 14.4. The van der Waals surface area contributed by atoms with Crippen molar-refractivity contribution in [3.63, 3.8) is 0 Å². The Kier molecular flexibility index (Phi) is 4.59. The molecule has 1 aliphatic heterocycles. The van der Waals surface area contributed by atoms with Gasteiger partial charge in [-0.25, -0.2) is 0 Å². The van der Waals surface area contributed by atoms with Gasteiger partial charge in [-0.05, 0) is 18.9 Å². The van der Waals surface area contributed by atoms with Gasteiger partial charge in [-0.3, -0.25) is 20.2 Å². The zero-order valence-corrected chi connectivity index (χ0v) is 10.8. The van der Waals surface area contributed by atoms with Gasteiger partial charge in [0.15, 0.2) is 0 Å². The molecular weight excluding hydrogens is 266 g/mol. The van der Waals surface area contributed by atoms with Crippen LogP contribution in [0, 0.1) is 20.2 Å². The van der Waals surface area contributed by atoms with Gasteiger partial charge in [-0.2, -0.15) is 0 Å². The quantitative estimate of drug-likeness (QED) is 0.629. The molecule has 1 N–H and O–H groups in total. The Morgan fingerprint density at radius 2 is 2.10 bits per heavy atom. The lowest BCUT2D eigenvalue weighted by molar-refractivity contribution is -0.394. The molecule has 0 aliphatic carbocycles. The van der Waals surface area contributed by atoms with E-state index in [4.69, 9.17) is 4.74 Å². The number of hydrogen-bond acceptors (Lipinski definition) is 6. The average Bonchev–Trinajstić information content (AvgIpc) is 2.91. The minimum absolute atomic E-state index is 0.145. The molecule has 0 bridgehead atoms. The van der Waals surface area contributed by atoms with E-state index in [2.05, 4.69) is 5.32 Å². The molecule has 1 fully saturated rings. The molecule has 1 saturated heterocycles. The predicted molar refractivity (Wildman–Crippen MR) is 70.4 cm³/mol. The Morgan fingerprint density at radius 3 is 2.70 bits per heavy atom. The number of benzene rings is 1. The van der Waals surface area contributed by atoms with Gasteiger partial charge in [-0.1, -0.05) is 0 Å². The third kappa shape index (κ3) is 3.49. The highest BCUT2D eigenvalue weighted by molar-refractivity contribution is 5.49.